The summed E-state index contributed by atoms with van der Waals surface area (Å²) in [7, 11) is 4.21. The maximum Gasteiger partial charge on any atom is 0.321 e. The molecule has 1 N–H and O–H groups in total. The molecule has 5 heteroatoms. The van der Waals surface area contributed by atoms with E-state index in [2.05, 4.69) is 41.3 Å². The Balaban J connectivity index is 1.66. The first-order valence-corrected chi connectivity index (χ1v) is 7.72. The van der Waals surface area contributed by atoms with Gasteiger partial charge >= 0.3 is 6.03 Å². The van der Waals surface area contributed by atoms with Crippen LogP contribution in [-0.4, -0.2) is 62.7 Å². The number of likely N-dealkylation sites (N-methyl/N-ethyl adjacent to an activating group) is 2. The molecular weight excluding hydrogens is 264 g/mol. The Labute approximate surface area is 126 Å². The Hall–Kier alpha value is -1.75. The van der Waals surface area contributed by atoms with Crippen LogP contribution < -0.4 is 10.2 Å². The number of carbonyl (C=O) groups is 1. The van der Waals surface area contributed by atoms with Crippen molar-refractivity contribution in [2.75, 3.05) is 57.0 Å². The Bertz CT molecular complexity index is 531. The highest BCUT2D eigenvalue weighted by molar-refractivity contribution is 5.90. The van der Waals surface area contributed by atoms with E-state index in [1.807, 2.05) is 11.0 Å². The maximum absolute atomic E-state index is 12.4. The molecular formula is C16H24N4O. The number of benzene rings is 1. The molecule has 1 fully saturated rings. The van der Waals surface area contributed by atoms with Gasteiger partial charge in [-0.05, 0) is 44.1 Å². The first-order valence-electron chi connectivity index (χ1n) is 7.72. The molecule has 3 rings (SSSR count). The fourth-order valence-corrected chi connectivity index (χ4v) is 3.07. The molecule has 0 spiro atoms. The summed E-state index contributed by atoms with van der Waals surface area (Å²) < 4.78 is 0. The third kappa shape index (κ3) is 3.13. The van der Waals surface area contributed by atoms with E-state index >= 15 is 0 Å². The van der Waals surface area contributed by atoms with Crippen LogP contribution in [0.3, 0.4) is 0 Å². The van der Waals surface area contributed by atoms with E-state index in [9.17, 15) is 4.79 Å². The highest BCUT2D eigenvalue weighted by Crippen LogP contribution is 2.29. The molecule has 0 saturated carbocycles. The molecule has 2 heterocycles. The summed E-state index contributed by atoms with van der Waals surface area (Å²) >= 11 is 0. The number of amides is 2. The Morgan fingerprint density at radius 1 is 1.10 bits per heavy atom. The van der Waals surface area contributed by atoms with Gasteiger partial charge < -0.3 is 20.0 Å². The zero-order chi connectivity index (χ0) is 14.8. The fourth-order valence-electron chi connectivity index (χ4n) is 3.07. The van der Waals surface area contributed by atoms with Crippen LogP contribution in [0.15, 0.2) is 18.2 Å². The van der Waals surface area contributed by atoms with E-state index in [1.54, 1.807) is 0 Å². The number of hydrogen-bond acceptors (Lipinski definition) is 3. The van der Waals surface area contributed by atoms with E-state index in [0.717, 1.165) is 51.3 Å². The van der Waals surface area contributed by atoms with Gasteiger partial charge in [-0.1, -0.05) is 6.07 Å². The second-order valence-electron chi connectivity index (χ2n) is 6.09. The number of rotatable bonds is 1. The topological polar surface area (TPSA) is 38.8 Å². The number of carbonyl (C=O) groups excluding carboxylic acids is 1. The van der Waals surface area contributed by atoms with E-state index in [1.165, 1.54) is 11.3 Å². The van der Waals surface area contributed by atoms with Crippen LogP contribution in [0, 0.1) is 0 Å². The number of fused-ring (bicyclic) bond motifs is 1. The van der Waals surface area contributed by atoms with Crippen molar-refractivity contribution in [1.82, 2.24) is 9.80 Å². The first-order chi connectivity index (χ1) is 10.1. The monoisotopic (exact) mass is 288 g/mol. The fraction of sp³-hybridized carbons (Fsp3) is 0.562. The molecule has 0 aromatic heterocycles. The molecule has 1 saturated heterocycles. The summed E-state index contributed by atoms with van der Waals surface area (Å²) in [6, 6.07) is 6.25. The molecule has 2 amide bonds. The molecule has 0 atom stereocenters. The third-order valence-electron chi connectivity index (χ3n) is 4.47. The van der Waals surface area contributed by atoms with Crippen LogP contribution in [0.2, 0.25) is 0 Å². The summed E-state index contributed by atoms with van der Waals surface area (Å²) in [5, 5.41) is 3.05. The Morgan fingerprint density at radius 2 is 1.95 bits per heavy atom. The predicted molar refractivity (Wildman–Crippen MR) is 86.1 cm³/mol. The maximum atomic E-state index is 12.4. The van der Waals surface area contributed by atoms with Crippen LogP contribution in [-0.2, 0) is 6.42 Å². The largest absolute Gasteiger partial charge is 0.374 e. The molecule has 114 valence electrons. The lowest BCUT2D eigenvalue weighted by molar-refractivity contribution is 0.213. The molecule has 0 radical (unpaired) electrons. The minimum absolute atomic E-state index is 0.0194. The predicted octanol–water partition coefficient (Wildman–Crippen LogP) is 1.85. The summed E-state index contributed by atoms with van der Waals surface area (Å²) in [5.41, 5.74) is 3.50. The van der Waals surface area contributed by atoms with Gasteiger partial charge in [0.1, 0.15) is 0 Å². The summed E-state index contributed by atoms with van der Waals surface area (Å²) in [6.07, 6.45) is 2.13. The van der Waals surface area contributed by atoms with Crippen molar-refractivity contribution in [2.24, 2.45) is 0 Å². The van der Waals surface area contributed by atoms with Crippen molar-refractivity contribution in [1.29, 1.82) is 0 Å². The second-order valence-corrected chi connectivity index (χ2v) is 6.09. The van der Waals surface area contributed by atoms with Gasteiger partial charge in [-0.15, -0.1) is 0 Å². The highest BCUT2D eigenvalue weighted by Gasteiger charge is 2.19. The minimum Gasteiger partial charge on any atom is -0.374 e. The van der Waals surface area contributed by atoms with Gasteiger partial charge in [-0.25, -0.2) is 4.79 Å². The van der Waals surface area contributed by atoms with Crippen LogP contribution in [0.1, 0.15) is 12.0 Å². The number of nitrogens with zero attached hydrogens (tertiary/aromatic N) is 3. The third-order valence-corrected chi connectivity index (χ3v) is 4.47. The normalized spacial score (nSPS) is 19.3. The van der Waals surface area contributed by atoms with Crippen molar-refractivity contribution in [3.63, 3.8) is 0 Å². The molecule has 2 aliphatic heterocycles. The summed E-state index contributed by atoms with van der Waals surface area (Å²) in [6.45, 7) is 4.70. The van der Waals surface area contributed by atoms with Gasteiger partial charge in [0.15, 0.2) is 0 Å². The van der Waals surface area contributed by atoms with E-state index in [0.29, 0.717) is 0 Å². The van der Waals surface area contributed by atoms with E-state index < -0.39 is 0 Å². The smallest absolute Gasteiger partial charge is 0.321 e. The van der Waals surface area contributed by atoms with Crippen molar-refractivity contribution < 1.29 is 4.79 Å². The molecule has 1 aromatic rings. The summed E-state index contributed by atoms with van der Waals surface area (Å²) in [4.78, 5) is 18.8. The van der Waals surface area contributed by atoms with Crippen LogP contribution in [0.25, 0.3) is 0 Å². The standard InChI is InChI=1S/C16H24N4O/c1-18-7-3-8-20(11-10-18)16(21)17-14-5-4-13-6-9-19(2)15(13)12-14/h4-5,12H,3,6-11H2,1-2H3,(H,17,21). The van der Waals surface area contributed by atoms with Gasteiger partial charge in [0, 0.05) is 44.6 Å². The van der Waals surface area contributed by atoms with Gasteiger partial charge in [0.05, 0.1) is 0 Å². The average molecular weight is 288 g/mol. The Morgan fingerprint density at radius 3 is 2.81 bits per heavy atom. The molecule has 2 aliphatic rings. The van der Waals surface area contributed by atoms with E-state index in [-0.39, 0.29) is 6.03 Å². The minimum atomic E-state index is 0.0194. The zero-order valence-corrected chi connectivity index (χ0v) is 12.9. The quantitative estimate of drug-likeness (QED) is 0.857. The molecule has 21 heavy (non-hydrogen) atoms. The first kappa shape index (κ1) is 14.2. The average Bonchev–Trinajstić information content (AvgIpc) is 2.69. The van der Waals surface area contributed by atoms with Crippen molar-refractivity contribution in [3.05, 3.63) is 23.8 Å². The molecule has 0 aliphatic carbocycles. The lowest BCUT2D eigenvalue weighted by Crippen LogP contribution is -2.37. The number of hydrogen-bond donors (Lipinski definition) is 1. The molecule has 5 nitrogen and oxygen atoms in total. The van der Waals surface area contributed by atoms with Crippen molar-refractivity contribution >= 4 is 17.4 Å². The zero-order valence-electron chi connectivity index (χ0n) is 12.9. The van der Waals surface area contributed by atoms with Gasteiger partial charge in [0.25, 0.3) is 0 Å². The van der Waals surface area contributed by atoms with Crippen molar-refractivity contribution in [3.8, 4) is 0 Å². The van der Waals surface area contributed by atoms with E-state index in [4.69, 9.17) is 0 Å². The van der Waals surface area contributed by atoms with Gasteiger partial charge in [-0.3, -0.25) is 0 Å². The van der Waals surface area contributed by atoms with Gasteiger partial charge in [-0.2, -0.15) is 0 Å². The lowest BCUT2D eigenvalue weighted by atomic mass is 10.1. The van der Waals surface area contributed by atoms with Crippen molar-refractivity contribution in [2.45, 2.75) is 12.8 Å². The molecule has 0 bridgehead atoms. The molecule has 0 unspecified atom stereocenters. The van der Waals surface area contributed by atoms with Crippen LogP contribution in [0.5, 0.6) is 0 Å². The Kier molecular flexibility index (Phi) is 4.01. The lowest BCUT2D eigenvalue weighted by Gasteiger charge is -2.21. The highest BCUT2D eigenvalue weighted by atomic mass is 16.2. The number of urea groups is 1. The van der Waals surface area contributed by atoms with Crippen LogP contribution in [0.4, 0.5) is 16.2 Å². The number of nitrogens with one attached hydrogen (secondary N) is 1. The number of anilines is 2. The van der Waals surface area contributed by atoms with Crippen LogP contribution >= 0.6 is 0 Å². The SMILES string of the molecule is CN1CCCN(C(=O)Nc2ccc3c(c2)N(C)CC3)CC1. The molecule has 1 aromatic carbocycles. The van der Waals surface area contributed by atoms with Gasteiger partial charge in [0.2, 0.25) is 0 Å². The second kappa shape index (κ2) is 5.93. The summed E-state index contributed by atoms with van der Waals surface area (Å²) in [5.74, 6) is 0.